The van der Waals surface area contributed by atoms with Crippen molar-refractivity contribution in [3.05, 3.63) is 94.5 Å². The Balaban J connectivity index is 1.48. The number of halogens is 1. The van der Waals surface area contributed by atoms with Crippen LogP contribution in [-0.2, 0) is 22.8 Å². The number of fused-ring (bicyclic) bond motifs is 2. The first-order chi connectivity index (χ1) is 16.5. The summed E-state index contributed by atoms with van der Waals surface area (Å²) in [6, 6.07) is 22.6. The van der Waals surface area contributed by atoms with Crippen LogP contribution in [0.15, 0.2) is 72.8 Å². The predicted molar refractivity (Wildman–Crippen MR) is 135 cm³/mol. The van der Waals surface area contributed by atoms with Crippen molar-refractivity contribution in [3.63, 3.8) is 0 Å². The van der Waals surface area contributed by atoms with Crippen LogP contribution < -0.4 is 15.0 Å². The van der Waals surface area contributed by atoms with E-state index < -0.39 is 4.87 Å². The number of amides is 3. The maximum Gasteiger partial charge on any atom is 0.319 e. The zero-order valence-corrected chi connectivity index (χ0v) is 20.2. The van der Waals surface area contributed by atoms with Crippen molar-refractivity contribution in [1.29, 1.82) is 0 Å². The molecule has 0 bridgehead atoms. The number of ether oxygens (including phenoxy) is 1. The van der Waals surface area contributed by atoms with Crippen LogP contribution in [0.4, 0.5) is 10.5 Å². The highest BCUT2D eigenvalue weighted by Gasteiger charge is 2.59. The van der Waals surface area contributed by atoms with Crippen molar-refractivity contribution < 1.29 is 14.3 Å². The van der Waals surface area contributed by atoms with Crippen molar-refractivity contribution in [1.82, 2.24) is 10.2 Å². The molecule has 0 aliphatic carbocycles. The Morgan fingerprint density at radius 1 is 1.09 bits per heavy atom. The third kappa shape index (κ3) is 3.89. The number of urea groups is 1. The van der Waals surface area contributed by atoms with Crippen molar-refractivity contribution in [2.45, 2.75) is 18.0 Å². The molecular formula is C26H24ClN3O3S. The average Bonchev–Trinajstić information content (AvgIpc) is 3.40. The van der Waals surface area contributed by atoms with Crippen LogP contribution in [-0.4, -0.2) is 36.2 Å². The molecule has 1 N–H and O–H groups in total. The molecule has 2 aliphatic rings. The van der Waals surface area contributed by atoms with Gasteiger partial charge in [-0.1, -0.05) is 54.1 Å². The van der Waals surface area contributed by atoms with E-state index in [1.165, 1.54) is 11.8 Å². The Kier molecular flexibility index (Phi) is 6.15. The third-order valence-electron chi connectivity index (χ3n) is 6.16. The molecule has 3 aromatic rings. The van der Waals surface area contributed by atoms with Gasteiger partial charge in [0, 0.05) is 29.4 Å². The average molecular weight is 494 g/mol. The van der Waals surface area contributed by atoms with Gasteiger partial charge < -0.3 is 15.0 Å². The van der Waals surface area contributed by atoms with E-state index in [1.807, 2.05) is 66.7 Å². The highest BCUT2D eigenvalue weighted by Crippen LogP contribution is 2.55. The van der Waals surface area contributed by atoms with Gasteiger partial charge in [0.1, 0.15) is 5.75 Å². The number of carbonyl (C=O) groups excluding carboxylic acids is 2. The lowest BCUT2D eigenvalue weighted by Gasteiger charge is -2.33. The first kappa shape index (κ1) is 22.6. The summed E-state index contributed by atoms with van der Waals surface area (Å²) in [5.41, 5.74) is 3.46. The van der Waals surface area contributed by atoms with Gasteiger partial charge in [-0.15, -0.1) is 11.8 Å². The monoisotopic (exact) mass is 493 g/mol. The topological polar surface area (TPSA) is 61.9 Å². The summed E-state index contributed by atoms with van der Waals surface area (Å²) in [6.45, 7) is 1.23. The molecule has 1 spiro atoms. The molecule has 2 heterocycles. The predicted octanol–water partition coefficient (Wildman–Crippen LogP) is 5.01. The second-order valence-electron chi connectivity index (χ2n) is 8.19. The molecule has 34 heavy (non-hydrogen) atoms. The van der Waals surface area contributed by atoms with Crippen molar-refractivity contribution in [2.24, 2.45) is 0 Å². The summed E-state index contributed by atoms with van der Waals surface area (Å²) in [6.07, 6.45) is 0. The Morgan fingerprint density at radius 3 is 2.68 bits per heavy atom. The van der Waals surface area contributed by atoms with E-state index in [0.29, 0.717) is 30.4 Å². The minimum atomic E-state index is -1.14. The van der Waals surface area contributed by atoms with E-state index in [4.69, 9.17) is 16.3 Å². The first-order valence-corrected chi connectivity index (χ1v) is 12.4. The molecule has 6 nitrogen and oxygen atoms in total. The fourth-order valence-corrected chi connectivity index (χ4v) is 6.19. The van der Waals surface area contributed by atoms with E-state index in [0.717, 1.165) is 28.1 Å². The van der Waals surface area contributed by atoms with Crippen LogP contribution in [0.5, 0.6) is 5.75 Å². The van der Waals surface area contributed by atoms with Crippen LogP contribution >= 0.6 is 23.4 Å². The van der Waals surface area contributed by atoms with Crippen molar-refractivity contribution >= 4 is 41.0 Å². The standard InChI is InChI=1S/C26H24ClN3O3S/c1-33-21-9-5-8-19(14-21)17-29-23-11-10-20(27)15-22(23)26(24(29)31)30(12-13-34-26)25(32)28-16-18-6-3-2-4-7-18/h2-11,14-15H,12-13,16-17H2,1H3,(H,28,32). The van der Waals surface area contributed by atoms with Crippen LogP contribution in [0.1, 0.15) is 16.7 Å². The second-order valence-corrected chi connectivity index (χ2v) is 9.92. The molecule has 3 aromatic carbocycles. The van der Waals surface area contributed by atoms with E-state index in [2.05, 4.69) is 5.32 Å². The summed E-state index contributed by atoms with van der Waals surface area (Å²) < 4.78 is 5.35. The number of hydrogen-bond acceptors (Lipinski definition) is 4. The van der Waals surface area contributed by atoms with Gasteiger partial charge in [-0.05, 0) is 41.5 Å². The van der Waals surface area contributed by atoms with Gasteiger partial charge in [-0.3, -0.25) is 9.69 Å². The maximum atomic E-state index is 14.1. The molecule has 1 unspecified atom stereocenters. The summed E-state index contributed by atoms with van der Waals surface area (Å²) in [7, 11) is 1.62. The van der Waals surface area contributed by atoms with Gasteiger partial charge in [-0.25, -0.2) is 4.79 Å². The highest BCUT2D eigenvalue weighted by molar-refractivity contribution is 8.01. The van der Waals surface area contributed by atoms with Gasteiger partial charge in [0.15, 0.2) is 4.87 Å². The summed E-state index contributed by atoms with van der Waals surface area (Å²) in [5.74, 6) is 1.25. The lowest BCUT2D eigenvalue weighted by atomic mass is 10.1. The number of methoxy groups -OCH3 is 1. The lowest BCUT2D eigenvalue weighted by molar-refractivity contribution is -0.123. The summed E-state index contributed by atoms with van der Waals surface area (Å²) in [5, 5.41) is 3.52. The van der Waals surface area contributed by atoms with Gasteiger partial charge in [0.05, 0.1) is 19.3 Å². The highest BCUT2D eigenvalue weighted by atomic mass is 35.5. The van der Waals surface area contributed by atoms with Gasteiger partial charge in [0.2, 0.25) is 0 Å². The van der Waals surface area contributed by atoms with Crippen LogP contribution in [0.2, 0.25) is 5.02 Å². The number of hydrogen-bond donors (Lipinski definition) is 1. The second kappa shape index (κ2) is 9.24. The number of nitrogens with one attached hydrogen (secondary N) is 1. The molecule has 0 radical (unpaired) electrons. The number of benzene rings is 3. The molecule has 3 amide bonds. The van der Waals surface area contributed by atoms with E-state index in [9.17, 15) is 9.59 Å². The van der Waals surface area contributed by atoms with Crippen LogP contribution in [0.25, 0.3) is 0 Å². The molecule has 0 saturated carbocycles. The SMILES string of the molecule is COc1cccc(CN2C(=O)C3(SCCN3C(=O)NCc3ccccc3)c3cc(Cl)ccc32)c1. The molecule has 8 heteroatoms. The maximum absolute atomic E-state index is 14.1. The van der Waals surface area contributed by atoms with Gasteiger partial charge in [-0.2, -0.15) is 0 Å². The Hall–Kier alpha value is -3.16. The largest absolute Gasteiger partial charge is 0.497 e. The number of anilines is 1. The van der Waals surface area contributed by atoms with E-state index >= 15 is 0 Å². The Bertz CT molecular complexity index is 1240. The smallest absolute Gasteiger partial charge is 0.319 e. The van der Waals surface area contributed by atoms with Gasteiger partial charge in [0.25, 0.3) is 5.91 Å². The lowest BCUT2D eigenvalue weighted by Crippen LogP contribution is -2.53. The van der Waals surface area contributed by atoms with E-state index in [1.54, 1.807) is 23.0 Å². The van der Waals surface area contributed by atoms with Crippen molar-refractivity contribution in [3.8, 4) is 5.75 Å². The minimum absolute atomic E-state index is 0.134. The first-order valence-electron chi connectivity index (χ1n) is 11.0. The normalized spacial score (nSPS) is 18.9. The molecule has 174 valence electrons. The van der Waals surface area contributed by atoms with Crippen LogP contribution in [0.3, 0.4) is 0 Å². The Morgan fingerprint density at radius 2 is 1.88 bits per heavy atom. The molecule has 1 fully saturated rings. The fourth-order valence-electron chi connectivity index (χ4n) is 4.57. The molecule has 1 atom stereocenters. The summed E-state index contributed by atoms with van der Waals surface area (Å²) in [4.78, 5) is 29.7. The fraction of sp³-hybridized carbons (Fsp3) is 0.231. The number of carbonyl (C=O) groups is 2. The van der Waals surface area contributed by atoms with Crippen molar-refractivity contribution in [2.75, 3.05) is 24.3 Å². The molecule has 5 rings (SSSR count). The third-order valence-corrected chi connectivity index (χ3v) is 7.82. The Labute approximate surface area is 207 Å². The quantitative estimate of drug-likeness (QED) is 0.543. The van der Waals surface area contributed by atoms with Gasteiger partial charge >= 0.3 is 6.03 Å². The molecule has 1 saturated heterocycles. The number of thioether (sulfide) groups is 1. The molecule has 0 aromatic heterocycles. The summed E-state index contributed by atoms with van der Waals surface area (Å²) >= 11 is 7.86. The zero-order valence-electron chi connectivity index (χ0n) is 18.7. The number of rotatable bonds is 5. The minimum Gasteiger partial charge on any atom is -0.497 e. The number of nitrogens with zero attached hydrogens (tertiary/aromatic N) is 2. The molecular weight excluding hydrogens is 470 g/mol. The zero-order chi connectivity index (χ0) is 23.7. The molecule has 2 aliphatic heterocycles. The van der Waals surface area contributed by atoms with E-state index in [-0.39, 0.29) is 11.9 Å². The van der Waals surface area contributed by atoms with Crippen LogP contribution in [0, 0.1) is 0 Å².